The molecule has 0 aliphatic carbocycles. The van der Waals surface area contributed by atoms with Crippen molar-refractivity contribution in [3.8, 4) is 0 Å². The Labute approximate surface area is 269 Å². The van der Waals surface area contributed by atoms with Crippen molar-refractivity contribution in [2.45, 2.75) is 79.7 Å². The summed E-state index contributed by atoms with van der Waals surface area (Å²) in [6, 6.07) is 13.8. The van der Waals surface area contributed by atoms with Crippen LogP contribution in [0.3, 0.4) is 0 Å². The van der Waals surface area contributed by atoms with Crippen LogP contribution in [0.4, 0.5) is 11.6 Å². The van der Waals surface area contributed by atoms with Gasteiger partial charge in [0.2, 0.25) is 5.95 Å². The molecular weight excluding hydrogens is 562 g/mol. The number of carbonyl (C=O) groups excluding carboxylic acids is 2. The van der Waals surface area contributed by atoms with Gasteiger partial charge in [0.1, 0.15) is 0 Å². The lowest BCUT2D eigenvalue weighted by atomic mass is 10.1. The van der Waals surface area contributed by atoms with Crippen molar-refractivity contribution in [3.05, 3.63) is 59.7 Å². The number of aryl methyl sites for hydroxylation is 1. The summed E-state index contributed by atoms with van der Waals surface area (Å²) in [5.74, 6) is 1.59. The number of nitrogens with one attached hydrogen (secondary N) is 1. The monoisotopic (exact) mass is 615 g/mol. The zero-order valence-electron chi connectivity index (χ0n) is 28.1. The van der Waals surface area contributed by atoms with E-state index in [0.717, 1.165) is 79.2 Å². The molecule has 0 radical (unpaired) electrons. The molecule has 1 aliphatic heterocycles. The molecule has 4 rings (SSSR count). The molecule has 1 N–H and O–H groups in total. The predicted molar refractivity (Wildman–Crippen MR) is 185 cm³/mol. The molecule has 1 aliphatic rings. The highest BCUT2D eigenvalue weighted by atomic mass is 16.5. The normalized spacial score (nSPS) is 14.1. The van der Waals surface area contributed by atoms with E-state index in [9.17, 15) is 9.59 Å². The number of likely N-dealkylation sites (tertiary alicyclic amines) is 1. The SMILES string of the molecule is CCOC(=O)/C=C/c1ccc(Nc2nc3ccc(C(=O)N(CCC(C)C)CCC(C)C)cc3n2CCCN2CCCCC2)cc1. The van der Waals surface area contributed by atoms with Crippen LogP contribution in [0.25, 0.3) is 17.1 Å². The number of rotatable bonds is 16. The Bertz CT molecular complexity index is 1390. The van der Waals surface area contributed by atoms with Crippen molar-refractivity contribution in [1.29, 1.82) is 0 Å². The minimum atomic E-state index is -0.348. The zero-order valence-corrected chi connectivity index (χ0v) is 28.1. The van der Waals surface area contributed by atoms with Gasteiger partial charge in [-0.3, -0.25) is 4.79 Å². The van der Waals surface area contributed by atoms with Gasteiger partial charge >= 0.3 is 5.97 Å². The third-order valence-corrected chi connectivity index (χ3v) is 8.41. The lowest BCUT2D eigenvalue weighted by Crippen LogP contribution is -2.34. The minimum Gasteiger partial charge on any atom is -0.463 e. The maximum Gasteiger partial charge on any atom is 0.330 e. The van der Waals surface area contributed by atoms with Crippen LogP contribution < -0.4 is 5.32 Å². The standard InChI is InChI=1S/C37H53N5O3/c1-6-45-35(43)18-13-30-11-15-32(16-12-30)38-37-39-33-17-14-31(36(44)41(25-19-28(2)3)26-20-29(4)5)27-34(33)42(37)24-10-23-40-21-8-7-9-22-40/h11-18,27-29H,6-10,19-26H2,1-5H3,(H,38,39)/b18-13+. The highest BCUT2D eigenvalue weighted by Crippen LogP contribution is 2.26. The number of esters is 1. The van der Waals surface area contributed by atoms with E-state index < -0.39 is 0 Å². The number of hydrogen-bond acceptors (Lipinski definition) is 6. The van der Waals surface area contributed by atoms with Gasteiger partial charge in [0.15, 0.2) is 0 Å². The first-order valence-electron chi connectivity index (χ1n) is 17.0. The Morgan fingerprint density at radius 2 is 1.64 bits per heavy atom. The van der Waals surface area contributed by atoms with Gasteiger partial charge in [0.05, 0.1) is 17.6 Å². The molecule has 0 atom stereocenters. The van der Waals surface area contributed by atoms with Crippen LogP contribution in [-0.2, 0) is 16.1 Å². The van der Waals surface area contributed by atoms with E-state index in [-0.39, 0.29) is 11.9 Å². The molecule has 0 spiro atoms. The lowest BCUT2D eigenvalue weighted by Gasteiger charge is -2.26. The van der Waals surface area contributed by atoms with E-state index in [1.165, 1.54) is 38.4 Å². The zero-order chi connectivity index (χ0) is 32.2. The summed E-state index contributed by atoms with van der Waals surface area (Å²) in [4.78, 5) is 35.1. The van der Waals surface area contributed by atoms with Gasteiger partial charge in [-0.05, 0) is 112 Å². The smallest absolute Gasteiger partial charge is 0.330 e. The molecule has 2 aromatic carbocycles. The number of imidazole rings is 1. The molecule has 45 heavy (non-hydrogen) atoms. The number of benzene rings is 2. The number of nitrogens with zero attached hydrogens (tertiary/aromatic N) is 4. The molecule has 1 amide bonds. The van der Waals surface area contributed by atoms with Gasteiger partial charge < -0.3 is 24.4 Å². The van der Waals surface area contributed by atoms with E-state index in [1.54, 1.807) is 13.0 Å². The molecule has 1 fully saturated rings. The number of aromatic nitrogens is 2. The topological polar surface area (TPSA) is 79.7 Å². The summed E-state index contributed by atoms with van der Waals surface area (Å²) in [7, 11) is 0. The number of amides is 1. The average molecular weight is 616 g/mol. The Hall–Kier alpha value is -3.65. The summed E-state index contributed by atoms with van der Waals surface area (Å²) in [6.07, 6.45) is 10.1. The van der Waals surface area contributed by atoms with Crippen LogP contribution in [0.2, 0.25) is 0 Å². The first-order chi connectivity index (χ1) is 21.7. The van der Waals surface area contributed by atoms with Crippen molar-refractivity contribution < 1.29 is 14.3 Å². The predicted octanol–water partition coefficient (Wildman–Crippen LogP) is 7.77. The van der Waals surface area contributed by atoms with E-state index >= 15 is 0 Å². The lowest BCUT2D eigenvalue weighted by molar-refractivity contribution is -0.137. The third kappa shape index (κ3) is 10.5. The maximum absolute atomic E-state index is 13.8. The molecule has 8 nitrogen and oxygen atoms in total. The van der Waals surface area contributed by atoms with E-state index in [0.29, 0.717) is 18.4 Å². The Balaban J connectivity index is 1.59. The Morgan fingerprint density at radius 1 is 0.956 bits per heavy atom. The average Bonchev–Trinajstić information content (AvgIpc) is 3.36. The van der Waals surface area contributed by atoms with Crippen molar-refractivity contribution in [2.75, 3.05) is 44.6 Å². The number of ether oxygens (including phenoxy) is 1. The fourth-order valence-electron chi connectivity index (χ4n) is 5.70. The molecule has 0 bridgehead atoms. The summed E-state index contributed by atoms with van der Waals surface area (Å²) >= 11 is 0. The highest BCUT2D eigenvalue weighted by Gasteiger charge is 2.20. The summed E-state index contributed by atoms with van der Waals surface area (Å²) in [5, 5.41) is 3.53. The summed E-state index contributed by atoms with van der Waals surface area (Å²) < 4.78 is 7.22. The second-order valence-electron chi connectivity index (χ2n) is 13.0. The van der Waals surface area contributed by atoms with E-state index in [4.69, 9.17) is 9.72 Å². The van der Waals surface area contributed by atoms with Gasteiger partial charge in [-0.2, -0.15) is 0 Å². The third-order valence-electron chi connectivity index (χ3n) is 8.41. The molecular formula is C37H53N5O3. The fraction of sp³-hybridized carbons (Fsp3) is 0.541. The van der Waals surface area contributed by atoms with Crippen LogP contribution >= 0.6 is 0 Å². The first-order valence-corrected chi connectivity index (χ1v) is 17.0. The number of piperidine rings is 1. The second kappa shape index (κ2) is 17.2. The van der Waals surface area contributed by atoms with Crippen LogP contribution in [0.15, 0.2) is 48.5 Å². The van der Waals surface area contributed by atoms with Gasteiger partial charge in [0.25, 0.3) is 5.91 Å². The molecule has 0 unspecified atom stereocenters. The van der Waals surface area contributed by atoms with Crippen LogP contribution in [0, 0.1) is 11.8 Å². The Kier molecular flexibility index (Phi) is 13.0. The van der Waals surface area contributed by atoms with Gasteiger partial charge in [-0.15, -0.1) is 0 Å². The Morgan fingerprint density at radius 3 is 2.29 bits per heavy atom. The van der Waals surface area contributed by atoms with Gasteiger partial charge in [-0.1, -0.05) is 46.2 Å². The van der Waals surface area contributed by atoms with Crippen LogP contribution in [0.1, 0.15) is 89.1 Å². The van der Waals surface area contributed by atoms with Crippen molar-refractivity contribution in [2.24, 2.45) is 11.8 Å². The molecule has 1 saturated heterocycles. The van der Waals surface area contributed by atoms with Crippen LogP contribution in [0.5, 0.6) is 0 Å². The second-order valence-corrected chi connectivity index (χ2v) is 13.0. The number of fused-ring (bicyclic) bond motifs is 1. The molecule has 0 saturated carbocycles. The molecule has 8 heteroatoms. The number of hydrogen-bond donors (Lipinski definition) is 1. The van der Waals surface area contributed by atoms with Crippen molar-refractivity contribution in [3.63, 3.8) is 0 Å². The fourth-order valence-corrected chi connectivity index (χ4v) is 5.70. The van der Waals surface area contributed by atoms with Gasteiger partial charge in [0, 0.05) is 37.0 Å². The minimum absolute atomic E-state index is 0.0974. The van der Waals surface area contributed by atoms with E-state index in [2.05, 4.69) is 42.5 Å². The first kappa shape index (κ1) is 34.2. The largest absolute Gasteiger partial charge is 0.463 e. The van der Waals surface area contributed by atoms with E-state index in [1.807, 2.05) is 47.4 Å². The molecule has 244 valence electrons. The quantitative estimate of drug-likeness (QED) is 0.131. The summed E-state index contributed by atoms with van der Waals surface area (Å²) in [6.45, 7) is 16.7. The number of carbonyl (C=O) groups is 2. The van der Waals surface area contributed by atoms with Crippen LogP contribution in [-0.4, -0.2) is 70.6 Å². The maximum atomic E-state index is 13.8. The van der Waals surface area contributed by atoms with Crippen molar-refractivity contribution in [1.82, 2.24) is 19.4 Å². The number of anilines is 2. The van der Waals surface area contributed by atoms with Crippen molar-refractivity contribution >= 4 is 40.6 Å². The molecule has 3 aromatic rings. The molecule has 2 heterocycles. The molecule has 1 aromatic heterocycles. The van der Waals surface area contributed by atoms with Gasteiger partial charge in [-0.25, -0.2) is 9.78 Å². The summed E-state index contributed by atoms with van der Waals surface area (Å²) in [5.41, 5.74) is 4.38. The highest BCUT2D eigenvalue weighted by molar-refractivity contribution is 5.98.